The molecule has 0 saturated carbocycles. The average Bonchev–Trinajstić information content (AvgIpc) is 3.33. The SMILES string of the molecule is CN(C)CCOc1cccc(-c2ccc(Cl)cc2)c1CN1CCN(c2ccc(C(=O)NS(=O)(=O)c3ccc(N[C@H](CCN4CCOCC4)CSc4ccccc4)c(S(=O)(=O)C(F)(F)F)c3)cc2)CC1. The Morgan fingerprint density at radius 1 is 0.841 bits per heavy atom. The highest BCUT2D eigenvalue weighted by molar-refractivity contribution is 7.99. The van der Waals surface area contributed by atoms with Gasteiger partial charge in [-0.2, -0.15) is 13.2 Å². The summed E-state index contributed by atoms with van der Waals surface area (Å²) in [7, 11) is -6.94. The Labute approximate surface area is 411 Å². The number of ether oxygens (including phenoxy) is 2. The Morgan fingerprint density at radius 3 is 2.20 bits per heavy atom. The third-order valence-corrected chi connectivity index (χ3v) is 16.2. The zero-order valence-electron chi connectivity index (χ0n) is 38.3. The van der Waals surface area contributed by atoms with E-state index in [4.69, 9.17) is 21.1 Å². The predicted octanol–water partition coefficient (Wildman–Crippen LogP) is 7.98. The number of amides is 1. The molecule has 2 heterocycles. The number of benzene rings is 5. The van der Waals surface area contributed by atoms with E-state index in [1.165, 1.54) is 23.9 Å². The fourth-order valence-corrected chi connectivity index (χ4v) is 11.1. The lowest BCUT2D eigenvalue weighted by atomic mass is 9.98. The van der Waals surface area contributed by atoms with Crippen LogP contribution in [0.3, 0.4) is 0 Å². The number of carbonyl (C=O) groups excluding carboxylic acids is 1. The van der Waals surface area contributed by atoms with Gasteiger partial charge in [0.25, 0.3) is 25.8 Å². The lowest BCUT2D eigenvalue weighted by Crippen LogP contribution is -2.46. The van der Waals surface area contributed by atoms with Gasteiger partial charge in [-0.25, -0.2) is 21.6 Å². The van der Waals surface area contributed by atoms with E-state index in [1.807, 2.05) is 85.5 Å². The summed E-state index contributed by atoms with van der Waals surface area (Å²) < 4.78 is 110. The van der Waals surface area contributed by atoms with Gasteiger partial charge in [-0.05, 0) is 104 Å². The molecule has 2 fully saturated rings. The van der Waals surface area contributed by atoms with Crippen molar-refractivity contribution < 1.29 is 44.3 Å². The lowest BCUT2D eigenvalue weighted by Gasteiger charge is -2.36. The molecule has 0 radical (unpaired) electrons. The number of nitrogens with zero attached hydrogens (tertiary/aromatic N) is 4. The van der Waals surface area contributed by atoms with E-state index in [-0.39, 0.29) is 5.56 Å². The van der Waals surface area contributed by atoms with Crippen LogP contribution in [-0.2, 0) is 31.1 Å². The van der Waals surface area contributed by atoms with Crippen LogP contribution >= 0.6 is 23.4 Å². The van der Waals surface area contributed by atoms with Crippen LogP contribution in [0.25, 0.3) is 11.1 Å². The number of halogens is 4. The molecule has 69 heavy (non-hydrogen) atoms. The maximum atomic E-state index is 14.2. The summed E-state index contributed by atoms with van der Waals surface area (Å²) in [6.45, 7) is 7.68. The second kappa shape index (κ2) is 23.4. The zero-order valence-corrected chi connectivity index (χ0v) is 41.5. The third-order valence-electron chi connectivity index (χ3n) is 11.9. The van der Waals surface area contributed by atoms with E-state index in [2.05, 4.69) is 31.0 Å². The first-order chi connectivity index (χ1) is 33.0. The standard InChI is InChI=1S/C49H56ClF3N6O7S3/c1-56(2)27-32-66-46-10-6-9-43(36-11-15-38(50)16-12-36)44(46)34-58-23-25-59(26-24-58)40-17-13-37(14-18-40)48(60)55-69(63,64)42-19-20-45(47(33-42)68(61,62)49(51,52)53)54-39(21-22-57-28-30-65-31-29-57)35-67-41-7-4-3-5-8-41/h3-20,33,39,54H,21-32,34-35H2,1-2H3,(H,55,60)/t39-/m1/s1. The average molecular weight is 1030 g/mol. The molecule has 0 unspecified atom stereocenters. The molecule has 13 nitrogen and oxygen atoms in total. The van der Waals surface area contributed by atoms with Crippen molar-refractivity contribution in [3.63, 3.8) is 0 Å². The molecule has 20 heteroatoms. The van der Waals surface area contributed by atoms with Crippen LogP contribution in [0.2, 0.25) is 5.02 Å². The summed E-state index contributed by atoms with van der Waals surface area (Å²) in [6, 6.07) is 31.4. The van der Waals surface area contributed by atoms with Gasteiger partial charge in [0.2, 0.25) is 0 Å². The Bertz CT molecular complexity index is 2730. The van der Waals surface area contributed by atoms with Gasteiger partial charge in [-0.1, -0.05) is 54.1 Å². The first-order valence-electron chi connectivity index (χ1n) is 22.5. The van der Waals surface area contributed by atoms with Gasteiger partial charge in [0.15, 0.2) is 0 Å². The number of sulfonamides is 1. The molecule has 0 spiro atoms. The molecule has 2 N–H and O–H groups in total. The van der Waals surface area contributed by atoms with E-state index in [9.17, 15) is 34.8 Å². The molecule has 1 atom stereocenters. The quantitative estimate of drug-likeness (QED) is 0.0730. The largest absolute Gasteiger partial charge is 0.501 e. The zero-order chi connectivity index (χ0) is 49.2. The number of anilines is 2. The van der Waals surface area contributed by atoms with Gasteiger partial charge in [0.05, 0.1) is 23.8 Å². The number of hydrogen-bond donors (Lipinski definition) is 2. The molecule has 0 aromatic heterocycles. The second-order valence-corrected chi connectivity index (χ2v) is 22.1. The Balaban J connectivity index is 1.02. The summed E-state index contributed by atoms with van der Waals surface area (Å²) in [5.41, 5.74) is -2.23. The van der Waals surface area contributed by atoms with Crippen LogP contribution < -0.4 is 19.7 Å². The molecule has 2 aliphatic heterocycles. The number of sulfone groups is 1. The summed E-state index contributed by atoms with van der Waals surface area (Å²) in [5.74, 6) is 0.134. The number of morpholine rings is 1. The maximum Gasteiger partial charge on any atom is 0.501 e. The minimum Gasteiger partial charge on any atom is -0.492 e. The predicted molar refractivity (Wildman–Crippen MR) is 266 cm³/mol. The number of thioether (sulfide) groups is 1. The van der Waals surface area contributed by atoms with Crippen molar-refractivity contribution in [3.8, 4) is 16.9 Å². The minimum absolute atomic E-state index is 0.0259. The number of rotatable bonds is 20. The van der Waals surface area contributed by atoms with Crippen LogP contribution in [0.5, 0.6) is 5.75 Å². The molecule has 2 aliphatic rings. The van der Waals surface area contributed by atoms with Crippen molar-refractivity contribution in [3.05, 3.63) is 131 Å². The second-order valence-electron chi connectivity index (χ2n) is 17.0. The van der Waals surface area contributed by atoms with Crippen molar-refractivity contribution >= 4 is 60.5 Å². The van der Waals surface area contributed by atoms with Crippen molar-refractivity contribution in [2.45, 2.75) is 39.2 Å². The van der Waals surface area contributed by atoms with Crippen molar-refractivity contribution in [1.29, 1.82) is 0 Å². The van der Waals surface area contributed by atoms with Gasteiger partial charge in [-0.15, -0.1) is 11.8 Å². The third kappa shape index (κ3) is 13.9. The van der Waals surface area contributed by atoms with Crippen LogP contribution in [0.15, 0.2) is 130 Å². The number of hydrogen-bond acceptors (Lipinski definition) is 13. The summed E-state index contributed by atoms with van der Waals surface area (Å²) in [5, 5.41) is 3.64. The topological polar surface area (TPSA) is 141 Å². The van der Waals surface area contributed by atoms with Gasteiger partial charge in [-0.3, -0.25) is 14.6 Å². The van der Waals surface area contributed by atoms with E-state index >= 15 is 0 Å². The molecule has 2 saturated heterocycles. The molecule has 370 valence electrons. The van der Waals surface area contributed by atoms with Gasteiger partial charge < -0.3 is 24.6 Å². The van der Waals surface area contributed by atoms with Gasteiger partial charge >= 0.3 is 5.51 Å². The molecular weight excluding hydrogens is 973 g/mol. The van der Waals surface area contributed by atoms with Crippen LogP contribution in [0, 0.1) is 0 Å². The highest BCUT2D eigenvalue weighted by Crippen LogP contribution is 2.37. The summed E-state index contributed by atoms with van der Waals surface area (Å²) >= 11 is 7.65. The van der Waals surface area contributed by atoms with E-state index in [1.54, 1.807) is 12.1 Å². The number of piperazine rings is 1. The van der Waals surface area contributed by atoms with Crippen LogP contribution in [-0.4, -0.2) is 141 Å². The molecule has 1 amide bonds. The summed E-state index contributed by atoms with van der Waals surface area (Å²) in [6.07, 6.45) is 0.436. The fourth-order valence-electron chi connectivity index (χ4n) is 7.98. The molecule has 5 aromatic carbocycles. The van der Waals surface area contributed by atoms with Crippen molar-refractivity contribution in [1.82, 2.24) is 19.4 Å². The number of alkyl halides is 3. The molecular formula is C49H56ClF3N6O7S3. The van der Waals surface area contributed by atoms with E-state index < -0.39 is 52.8 Å². The normalized spacial score (nSPS) is 15.8. The van der Waals surface area contributed by atoms with Crippen molar-refractivity contribution in [2.24, 2.45) is 0 Å². The molecule has 0 aliphatic carbocycles. The number of nitrogens with one attached hydrogen (secondary N) is 2. The first-order valence-corrected chi connectivity index (χ1v) is 26.8. The molecule has 5 aromatic rings. The van der Waals surface area contributed by atoms with E-state index in [0.29, 0.717) is 95.4 Å². The Kier molecular flexibility index (Phi) is 17.6. The Morgan fingerprint density at radius 2 is 1.54 bits per heavy atom. The van der Waals surface area contributed by atoms with Crippen LogP contribution in [0.4, 0.5) is 24.5 Å². The Hall–Kier alpha value is -4.86. The fraction of sp³-hybridized carbons (Fsp3) is 0.367. The molecule has 7 rings (SSSR count). The minimum atomic E-state index is -6.07. The number of carbonyl (C=O) groups is 1. The summed E-state index contributed by atoms with van der Waals surface area (Å²) in [4.78, 5) is 20.9. The van der Waals surface area contributed by atoms with E-state index in [0.717, 1.165) is 51.7 Å². The monoisotopic (exact) mass is 1030 g/mol. The van der Waals surface area contributed by atoms with Crippen LogP contribution in [0.1, 0.15) is 22.3 Å². The maximum absolute atomic E-state index is 14.2. The lowest BCUT2D eigenvalue weighted by molar-refractivity contribution is -0.0435. The first kappa shape index (κ1) is 52.0. The van der Waals surface area contributed by atoms with Crippen molar-refractivity contribution in [2.75, 3.05) is 102 Å². The molecule has 0 bridgehead atoms. The van der Waals surface area contributed by atoms with Gasteiger partial charge in [0, 0.05) is 97.4 Å². The van der Waals surface area contributed by atoms with Gasteiger partial charge in [0.1, 0.15) is 17.3 Å². The highest BCUT2D eigenvalue weighted by atomic mass is 35.5. The highest BCUT2D eigenvalue weighted by Gasteiger charge is 2.48. The smallest absolute Gasteiger partial charge is 0.492 e. The number of likely N-dealkylation sites (N-methyl/N-ethyl adjacent to an activating group) is 1.